The number of thioether (sulfide) groups is 1. The van der Waals surface area contributed by atoms with Crippen molar-refractivity contribution in [2.45, 2.75) is 126 Å². The molecule has 3 saturated carbocycles. The highest BCUT2D eigenvalue weighted by Crippen LogP contribution is 2.54. The van der Waals surface area contributed by atoms with Gasteiger partial charge in [-0.05, 0) is 101 Å². The molecule has 21 heteroatoms. The standard InChI is InChI=1S/C46H71N9O10S2/c1-67(63,64)54-16-11-31(26-54)40(58)48-25-39(57)51-45-49-35(27-66-45)30-5-2-4-28(22-30)29-10-14-47-37(23-29)46(12-13-46)44(62)53-19-17-52(18-20-53)15-3-21-65-32-6-7-33-34(24-32)43(61)55(42(33)60)36-8-9-38(56)50-41(36)59/h28-37,45,47,49H,2-27H2,1H3,(H,48,58)(H,51,57)(H,50,56,59). The first-order valence-electron chi connectivity index (χ1n) is 25.1. The van der Waals surface area contributed by atoms with Crippen LogP contribution >= 0.6 is 11.8 Å². The molecule has 6 aliphatic heterocycles. The van der Waals surface area contributed by atoms with E-state index < -0.39 is 39.7 Å². The lowest BCUT2D eigenvalue weighted by molar-refractivity contribution is -0.151. The summed E-state index contributed by atoms with van der Waals surface area (Å²) in [6, 6.07) is -0.408. The first-order chi connectivity index (χ1) is 32.2. The Morgan fingerprint density at radius 2 is 1.63 bits per heavy atom. The molecule has 9 rings (SSSR count). The van der Waals surface area contributed by atoms with Gasteiger partial charge in [0.1, 0.15) is 11.5 Å². The van der Waals surface area contributed by atoms with Crippen LogP contribution in [0.3, 0.4) is 0 Å². The topological polar surface area (TPSA) is 236 Å². The fourth-order valence-corrected chi connectivity index (χ4v) is 15.0. The second-order valence-corrected chi connectivity index (χ2v) is 24.2. The predicted octanol–water partition coefficient (Wildman–Crippen LogP) is -0.0465. The number of rotatable bonds is 15. The molecule has 0 aromatic carbocycles. The number of hydrogen-bond donors (Lipinski definition) is 5. The van der Waals surface area contributed by atoms with Gasteiger partial charge in [0.25, 0.3) is 0 Å². The molecule has 0 aromatic rings. The number of likely N-dealkylation sites (tertiary alicyclic amines) is 1. The van der Waals surface area contributed by atoms with Crippen LogP contribution < -0.4 is 26.6 Å². The number of piperazine rings is 1. The van der Waals surface area contributed by atoms with Crippen LogP contribution in [0.25, 0.3) is 0 Å². The van der Waals surface area contributed by atoms with E-state index in [1.165, 1.54) is 17.1 Å². The summed E-state index contributed by atoms with van der Waals surface area (Å²) in [5, 5.41) is 15.4. The van der Waals surface area contributed by atoms with Crippen LogP contribution in [0.2, 0.25) is 0 Å². The predicted molar refractivity (Wildman–Crippen MR) is 247 cm³/mol. The first-order valence-corrected chi connectivity index (χ1v) is 28.0. The first kappa shape index (κ1) is 48.8. The third-order valence-electron chi connectivity index (χ3n) is 16.9. The molecule has 6 saturated heterocycles. The monoisotopic (exact) mass is 973 g/mol. The smallest absolute Gasteiger partial charge is 0.249 e. The molecule has 9 fully saturated rings. The Labute approximate surface area is 398 Å². The van der Waals surface area contributed by atoms with E-state index in [1.54, 1.807) is 11.8 Å². The summed E-state index contributed by atoms with van der Waals surface area (Å²) < 4.78 is 31.2. The van der Waals surface area contributed by atoms with Crippen LogP contribution in [-0.2, 0) is 48.3 Å². The van der Waals surface area contributed by atoms with E-state index in [2.05, 4.69) is 36.4 Å². The Morgan fingerprint density at radius 3 is 2.37 bits per heavy atom. The zero-order valence-electron chi connectivity index (χ0n) is 38.9. The molecular formula is C46H71N9O10S2. The molecule has 5 N–H and O–H groups in total. The fraction of sp³-hybridized carbons (Fsp3) is 0.848. The summed E-state index contributed by atoms with van der Waals surface area (Å²) in [4.78, 5) is 95.9. The highest BCUT2D eigenvalue weighted by molar-refractivity contribution is 8.00. The number of hydrogen-bond acceptors (Lipinski definition) is 14. The van der Waals surface area contributed by atoms with Gasteiger partial charge in [0.2, 0.25) is 51.4 Å². The van der Waals surface area contributed by atoms with Gasteiger partial charge in [0.15, 0.2) is 0 Å². The van der Waals surface area contributed by atoms with Crippen LogP contribution in [0.5, 0.6) is 0 Å². The van der Waals surface area contributed by atoms with Gasteiger partial charge in [-0.15, -0.1) is 11.8 Å². The van der Waals surface area contributed by atoms with Crippen molar-refractivity contribution in [3.63, 3.8) is 0 Å². The van der Waals surface area contributed by atoms with Crippen LogP contribution in [0, 0.1) is 40.9 Å². The minimum Gasteiger partial charge on any atom is -0.378 e. The maximum atomic E-state index is 14.3. The summed E-state index contributed by atoms with van der Waals surface area (Å²) >= 11 is 1.69. The van der Waals surface area contributed by atoms with Crippen molar-refractivity contribution in [2.75, 3.05) is 77.5 Å². The normalized spacial score (nSPS) is 36.2. The summed E-state index contributed by atoms with van der Waals surface area (Å²) in [7, 11) is -3.34. The minimum absolute atomic E-state index is 0.115. The molecule has 0 radical (unpaired) electrons. The molecule has 11 atom stereocenters. The number of nitrogens with one attached hydrogen (secondary N) is 5. The number of carbonyl (C=O) groups excluding carboxylic acids is 7. The van der Waals surface area contributed by atoms with Gasteiger partial charge in [-0.3, -0.25) is 54.0 Å². The molecule has 7 amide bonds. The number of fused-ring (bicyclic) bond motifs is 1. The average molecular weight is 974 g/mol. The van der Waals surface area contributed by atoms with Gasteiger partial charge < -0.3 is 25.6 Å². The van der Waals surface area contributed by atoms with Crippen molar-refractivity contribution in [2.24, 2.45) is 40.9 Å². The van der Waals surface area contributed by atoms with Crippen molar-refractivity contribution in [1.29, 1.82) is 0 Å². The van der Waals surface area contributed by atoms with Crippen LogP contribution in [-0.4, -0.2) is 176 Å². The number of piperidine rings is 2. The molecule has 19 nitrogen and oxygen atoms in total. The van der Waals surface area contributed by atoms with Gasteiger partial charge >= 0.3 is 0 Å². The Bertz CT molecular complexity index is 2030. The number of amides is 7. The zero-order valence-corrected chi connectivity index (χ0v) is 40.6. The van der Waals surface area contributed by atoms with E-state index in [0.717, 1.165) is 101 Å². The lowest BCUT2D eigenvalue weighted by Gasteiger charge is -2.44. The molecule has 0 spiro atoms. The summed E-state index contributed by atoms with van der Waals surface area (Å²) in [5.41, 5.74) is -0.518. The Kier molecular flexibility index (Phi) is 15.0. The number of ether oxygens (including phenoxy) is 1. The third-order valence-corrected chi connectivity index (χ3v) is 19.3. The van der Waals surface area contributed by atoms with Crippen molar-refractivity contribution in [1.82, 2.24) is 45.6 Å². The molecular weight excluding hydrogens is 903 g/mol. The summed E-state index contributed by atoms with van der Waals surface area (Å²) in [6.45, 7) is 5.78. The van der Waals surface area contributed by atoms with Crippen LogP contribution in [0.4, 0.5) is 0 Å². The van der Waals surface area contributed by atoms with Gasteiger partial charge in [0, 0.05) is 76.7 Å². The highest BCUT2D eigenvalue weighted by Gasteiger charge is 2.58. The minimum atomic E-state index is -3.34. The van der Waals surface area contributed by atoms with E-state index in [0.29, 0.717) is 68.5 Å². The summed E-state index contributed by atoms with van der Waals surface area (Å²) in [5.74, 6) is -0.527. The van der Waals surface area contributed by atoms with Gasteiger partial charge in [-0.1, -0.05) is 12.8 Å². The molecule has 0 aromatic heterocycles. The van der Waals surface area contributed by atoms with Gasteiger partial charge in [-0.25, -0.2) is 12.7 Å². The Hall–Kier alpha value is -3.21. The lowest BCUT2D eigenvalue weighted by atomic mass is 9.68. The molecule has 3 aliphatic carbocycles. The largest absolute Gasteiger partial charge is 0.378 e. The molecule has 11 unspecified atom stereocenters. The molecule has 6 heterocycles. The molecule has 67 heavy (non-hydrogen) atoms. The Balaban J connectivity index is 0.664. The van der Waals surface area contributed by atoms with E-state index in [4.69, 9.17) is 4.74 Å². The second-order valence-electron chi connectivity index (χ2n) is 21.0. The highest BCUT2D eigenvalue weighted by atomic mass is 32.2. The van der Waals surface area contributed by atoms with E-state index in [1.807, 2.05) is 0 Å². The van der Waals surface area contributed by atoms with Crippen molar-refractivity contribution >= 4 is 63.1 Å². The fourth-order valence-electron chi connectivity index (χ4n) is 12.9. The Morgan fingerprint density at radius 1 is 0.866 bits per heavy atom. The number of carbonyl (C=O) groups is 7. The van der Waals surface area contributed by atoms with Gasteiger partial charge in [-0.2, -0.15) is 0 Å². The average Bonchev–Trinajstić information content (AvgIpc) is 3.60. The van der Waals surface area contributed by atoms with Gasteiger partial charge in [0.05, 0.1) is 42.1 Å². The molecule has 0 bridgehead atoms. The van der Waals surface area contributed by atoms with Crippen molar-refractivity contribution in [3.8, 4) is 0 Å². The second kappa shape index (κ2) is 20.6. The number of imide groups is 2. The SMILES string of the molecule is CS(=O)(=O)N1CCC(C(=O)NCC(=O)NC2NC(C3CCCC(C4CCNC(C5(C(=O)N6CCN(CCCOC7CCC8C(=O)N(C9CCC(=O)NC9=O)C(=O)C8C7)CC6)CC5)C4)C3)CS2)C1. The van der Waals surface area contributed by atoms with Crippen molar-refractivity contribution in [3.05, 3.63) is 0 Å². The van der Waals surface area contributed by atoms with Crippen LogP contribution in [0.1, 0.15) is 96.3 Å². The molecule has 9 aliphatic rings. The van der Waals surface area contributed by atoms with Crippen LogP contribution in [0.15, 0.2) is 0 Å². The number of sulfonamides is 1. The third kappa shape index (κ3) is 10.9. The zero-order chi connectivity index (χ0) is 47.0. The van der Waals surface area contributed by atoms with Crippen molar-refractivity contribution < 1.29 is 46.7 Å². The number of nitrogens with zero attached hydrogens (tertiary/aromatic N) is 4. The maximum absolute atomic E-state index is 14.3. The maximum Gasteiger partial charge on any atom is 0.249 e. The lowest BCUT2D eigenvalue weighted by Crippen LogP contribution is -2.56. The summed E-state index contributed by atoms with van der Waals surface area (Å²) in [6.07, 6.45) is 13.1. The van der Waals surface area contributed by atoms with E-state index >= 15 is 0 Å². The van der Waals surface area contributed by atoms with E-state index in [9.17, 15) is 42.0 Å². The molecule has 372 valence electrons. The quantitative estimate of drug-likeness (QED) is 0.107. The van der Waals surface area contributed by atoms with E-state index in [-0.39, 0.29) is 78.5 Å².